The van der Waals surface area contributed by atoms with E-state index < -0.39 is 0 Å². The zero-order valence-corrected chi connectivity index (χ0v) is 14.7. The van der Waals surface area contributed by atoms with Crippen molar-refractivity contribution in [2.24, 2.45) is 0 Å². The molecule has 7 heteroatoms. The molecule has 0 spiro atoms. The normalized spacial score (nSPS) is 18.3. The maximum atomic E-state index is 12.5. The summed E-state index contributed by atoms with van der Waals surface area (Å²) in [6.07, 6.45) is 1.14. The molecule has 2 aromatic heterocycles. The quantitative estimate of drug-likeness (QED) is 0.720. The van der Waals surface area contributed by atoms with E-state index in [4.69, 9.17) is 0 Å². The third-order valence-electron chi connectivity index (χ3n) is 5.27. The third kappa shape index (κ3) is 2.63. The monoisotopic (exact) mass is 353 g/mol. The van der Waals surface area contributed by atoms with E-state index in [0.717, 1.165) is 43.6 Å². The van der Waals surface area contributed by atoms with Gasteiger partial charge in [0.15, 0.2) is 0 Å². The van der Waals surface area contributed by atoms with E-state index in [1.54, 1.807) is 4.68 Å². The molecule has 6 nitrogen and oxygen atoms in total. The minimum Gasteiger partial charge on any atom is -0.338 e. The number of likely N-dealkylation sites (tertiary alicyclic amines) is 1. The number of carbonyl (C=O) groups excluding carboxylic acids is 1. The Morgan fingerprint density at radius 1 is 1.24 bits per heavy atom. The molecule has 0 unspecified atom stereocenters. The van der Waals surface area contributed by atoms with Crippen molar-refractivity contribution in [3.8, 4) is 0 Å². The Kier molecular flexibility index (Phi) is 3.57. The van der Waals surface area contributed by atoms with Crippen molar-refractivity contribution in [1.82, 2.24) is 24.8 Å². The summed E-state index contributed by atoms with van der Waals surface area (Å²) in [5.74, 6) is 0.125. The van der Waals surface area contributed by atoms with Crippen molar-refractivity contribution in [2.45, 2.75) is 25.6 Å². The second-order valence-corrected chi connectivity index (χ2v) is 7.78. The van der Waals surface area contributed by atoms with Gasteiger partial charge in [0, 0.05) is 37.1 Å². The molecular weight excluding hydrogens is 334 g/mol. The fourth-order valence-electron chi connectivity index (χ4n) is 3.73. The van der Waals surface area contributed by atoms with Gasteiger partial charge in [-0.3, -0.25) is 9.69 Å². The number of rotatable bonds is 3. The van der Waals surface area contributed by atoms with E-state index in [-0.39, 0.29) is 12.5 Å². The van der Waals surface area contributed by atoms with E-state index in [2.05, 4.69) is 26.7 Å². The number of nitrogens with zero attached hydrogens (tertiary/aromatic N) is 5. The molecule has 0 radical (unpaired) electrons. The summed E-state index contributed by atoms with van der Waals surface area (Å²) in [5, 5.41) is 10.4. The number of thiophene rings is 1. The molecule has 4 heterocycles. The van der Waals surface area contributed by atoms with Gasteiger partial charge in [-0.25, -0.2) is 4.68 Å². The second-order valence-electron chi connectivity index (χ2n) is 6.78. The van der Waals surface area contributed by atoms with Gasteiger partial charge in [0.05, 0.1) is 5.52 Å². The number of carbonyl (C=O) groups is 1. The number of para-hydroxylation sites is 1. The molecular formula is C18H19N5OS. The molecule has 3 aromatic rings. The lowest BCUT2D eigenvalue weighted by atomic mass is 10.0. The summed E-state index contributed by atoms with van der Waals surface area (Å²) in [6.45, 7) is 4.05. The van der Waals surface area contributed by atoms with Crippen molar-refractivity contribution >= 4 is 28.3 Å². The number of fused-ring (bicyclic) bond motifs is 2. The minimum atomic E-state index is 0.125. The zero-order valence-electron chi connectivity index (χ0n) is 13.8. The van der Waals surface area contributed by atoms with Crippen molar-refractivity contribution < 1.29 is 4.79 Å². The van der Waals surface area contributed by atoms with E-state index in [1.165, 1.54) is 10.4 Å². The van der Waals surface area contributed by atoms with Gasteiger partial charge in [-0.1, -0.05) is 17.3 Å². The number of aromatic nitrogens is 3. The van der Waals surface area contributed by atoms with E-state index >= 15 is 0 Å². The first kappa shape index (κ1) is 15.0. The summed E-state index contributed by atoms with van der Waals surface area (Å²) in [4.78, 5) is 18.5. The van der Waals surface area contributed by atoms with Crippen LogP contribution < -0.4 is 0 Å². The molecule has 1 aromatic carbocycles. The lowest BCUT2D eigenvalue weighted by Gasteiger charge is -2.46. The maximum absolute atomic E-state index is 12.5. The van der Waals surface area contributed by atoms with Crippen LogP contribution in [0.4, 0.5) is 0 Å². The van der Waals surface area contributed by atoms with Crippen LogP contribution in [-0.2, 0) is 24.3 Å². The Hall–Kier alpha value is -2.25. The van der Waals surface area contributed by atoms with Crippen molar-refractivity contribution in [3.63, 3.8) is 0 Å². The summed E-state index contributed by atoms with van der Waals surface area (Å²) in [5.41, 5.74) is 3.21. The molecule has 1 saturated heterocycles. The highest BCUT2D eigenvalue weighted by atomic mass is 32.1. The first-order chi connectivity index (χ1) is 12.3. The van der Waals surface area contributed by atoms with Crippen LogP contribution in [0.5, 0.6) is 0 Å². The van der Waals surface area contributed by atoms with Crippen LogP contribution in [0, 0.1) is 0 Å². The van der Waals surface area contributed by atoms with Gasteiger partial charge in [-0.2, -0.15) is 0 Å². The Morgan fingerprint density at radius 3 is 3.04 bits per heavy atom. The zero-order chi connectivity index (χ0) is 16.8. The smallest absolute Gasteiger partial charge is 0.244 e. The Balaban J connectivity index is 1.20. The maximum Gasteiger partial charge on any atom is 0.244 e. The molecule has 0 saturated carbocycles. The van der Waals surface area contributed by atoms with Crippen LogP contribution in [0.1, 0.15) is 10.4 Å². The first-order valence-electron chi connectivity index (χ1n) is 8.63. The molecule has 2 aliphatic heterocycles. The average molecular weight is 353 g/mol. The van der Waals surface area contributed by atoms with Gasteiger partial charge in [0.1, 0.15) is 12.1 Å². The molecule has 2 aliphatic rings. The van der Waals surface area contributed by atoms with E-state index in [1.807, 2.05) is 40.5 Å². The predicted octanol–water partition coefficient (Wildman–Crippen LogP) is 1.76. The Morgan fingerprint density at radius 2 is 2.12 bits per heavy atom. The highest BCUT2D eigenvalue weighted by Crippen LogP contribution is 2.27. The molecule has 0 N–H and O–H groups in total. The van der Waals surface area contributed by atoms with Crippen LogP contribution in [0.2, 0.25) is 0 Å². The van der Waals surface area contributed by atoms with Crippen LogP contribution in [-0.4, -0.2) is 56.4 Å². The van der Waals surface area contributed by atoms with Gasteiger partial charge in [0.2, 0.25) is 5.91 Å². The molecule has 1 fully saturated rings. The standard InChI is InChI=1S/C18H19N5OS/c24-18(12-23-16-4-2-1-3-15(16)19-20-23)22-10-14(11-22)21-7-5-17-13(9-21)6-8-25-17/h1-4,6,8,14H,5,7,9-12H2. The fraction of sp³-hybridized carbons (Fsp3) is 0.389. The molecule has 5 rings (SSSR count). The number of benzene rings is 1. The number of hydrogen-bond acceptors (Lipinski definition) is 5. The topological polar surface area (TPSA) is 54.3 Å². The van der Waals surface area contributed by atoms with Gasteiger partial charge >= 0.3 is 0 Å². The van der Waals surface area contributed by atoms with Crippen LogP contribution >= 0.6 is 11.3 Å². The number of hydrogen-bond donors (Lipinski definition) is 0. The van der Waals surface area contributed by atoms with Crippen molar-refractivity contribution in [1.29, 1.82) is 0 Å². The Bertz CT molecular complexity index is 926. The molecule has 0 bridgehead atoms. The molecule has 128 valence electrons. The predicted molar refractivity (Wildman–Crippen MR) is 96.3 cm³/mol. The lowest BCUT2D eigenvalue weighted by molar-refractivity contribution is -0.139. The largest absolute Gasteiger partial charge is 0.338 e. The molecule has 1 amide bonds. The minimum absolute atomic E-state index is 0.125. The van der Waals surface area contributed by atoms with Crippen LogP contribution in [0.25, 0.3) is 11.0 Å². The highest BCUT2D eigenvalue weighted by molar-refractivity contribution is 7.10. The van der Waals surface area contributed by atoms with Crippen LogP contribution in [0.3, 0.4) is 0 Å². The van der Waals surface area contributed by atoms with Gasteiger partial charge < -0.3 is 4.90 Å². The van der Waals surface area contributed by atoms with Gasteiger partial charge in [0.25, 0.3) is 0 Å². The highest BCUT2D eigenvalue weighted by Gasteiger charge is 2.36. The second kappa shape index (κ2) is 5.93. The Labute approximate surface area is 149 Å². The number of amides is 1. The SMILES string of the molecule is O=C(Cn1nnc2ccccc21)N1CC(N2CCc3sccc3C2)C1. The van der Waals surface area contributed by atoms with E-state index in [9.17, 15) is 4.79 Å². The van der Waals surface area contributed by atoms with E-state index in [0.29, 0.717) is 6.04 Å². The van der Waals surface area contributed by atoms with Crippen molar-refractivity contribution in [3.05, 3.63) is 46.2 Å². The first-order valence-corrected chi connectivity index (χ1v) is 9.51. The molecule has 0 aliphatic carbocycles. The molecule has 25 heavy (non-hydrogen) atoms. The van der Waals surface area contributed by atoms with Crippen LogP contribution in [0.15, 0.2) is 35.7 Å². The van der Waals surface area contributed by atoms with Gasteiger partial charge in [-0.15, -0.1) is 16.4 Å². The third-order valence-corrected chi connectivity index (χ3v) is 6.30. The molecule has 0 atom stereocenters. The average Bonchev–Trinajstić information content (AvgIpc) is 3.20. The summed E-state index contributed by atoms with van der Waals surface area (Å²) < 4.78 is 1.70. The summed E-state index contributed by atoms with van der Waals surface area (Å²) >= 11 is 1.87. The van der Waals surface area contributed by atoms with Gasteiger partial charge in [-0.05, 0) is 35.6 Å². The van der Waals surface area contributed by atoms with Crippen molar-refractivity contribution in [2.75, 3.05) is 19.6 Å². The summed E-state index contributed by atoms with van der Waals surface area (Å²) in [6, 6.07) is 10.5. The summed E-state index contributed by atoms with van der Waals surface area (Å²) in [7, 11) is 0. The fourth-order valence-corrected chi connectivity index (χ4v) is 4.62. The lowest BCUT2D eigenvalue weighted by Crippen LogP contribution is -2.62.